The number of hydrogen-bond acceptors (Lipinski definition) is 2. The van der Waals surface area contributed by atoms with Gasteiger partial charge in [-0.1, -0.05) is 6.07 Å². The molecule has 0 unspecified atom stereocenters. The Morgan fingerprint density at radius 2 is 1.91 bits per heavy atom. The third kappa shape index (κ3) is 4.70. The van der Waals surface area contributed by atoms with Gasteiger partial charge in [0.15, 0.2) is 0 Å². The summed E-state index contributed by atoms with van der Waals surface area (Å²) in [6.07, 6.45) is 1.87. The summed E-state index contributed by atoms with van der Waals surface area (Å²) < 4.78 is 39.2. The number of nitrogens with one attached hydrogen (secondary N) is 2. The van der Waals surface area contributed by atoms with Gasteiger partial charge in [-0.3, -0.25) is 4.98 Å². The highest BCUT2D eigenvalue weighted by molar-refractivity contribution is 5.73. The number of carbonyl (C=O) groups excluding carboxylic acids is 1. The predicted octanol–water partition coefficient (Wildman–Crippen LogP) is 2.84. The summed E-state index contributed by atoms with van der Waals surface area (Å²) in [6.45, 7) is -0.439. The van der Waals surface area contributed by atoms with Crippen molar-refractivity contribution in [3.8, 4) is 11.3 Å². The van der Waals surface area contributed by atoms with E-state index in [2.05, 4.69) is 15.6 Å². The first-order valence-electron chi connectivity index (χ1n) is 7.09. The van der Waals surface area contributed by atoms with Crippen LogP contribution in [0.2, 0.25) is 0 Å². The van der Waals surface area contributed by atoms with Gasteiger partial charge in [-0.15, -0.1) is 0 Å². The van der Waals surface area contributed by atoms with Gasteiger partial charge in [0, 0.05) is 24.8 Å². The molecule has 2 rings (SSSR count). The molecule has 0 radical (unpaired) electrons. The van der Waals surface area contributed by atoms with E-state index < -0.39 is 24.3 Å². The molecule has 0 saturated heterocycles. The monoisotopic (exact) mass is 323 g/mol. The summed E-state index contributed by atoms with van der Waals surface area (Å²) in [5, 5.41) is 4.89. The molecule has 0 spiro atoms. The maximum Gasteiger partial charge on any atom is 0.314 e. The molecular formula is C16H16F3N3O. The van der Waals surface area contributed by atoms with Gasteiger partial charge in [-0.2, -0.15) is 0 Å². The fourth-order valence-electron chi connectivity index (χ4n) is 2.10. The second-order valence-electron chi connectivity index (χ2n) is 4.76. The first-order valence-corrected chi connectivity index (χ1v) is 7.09. The zero-order valence-electron chi connectivity index (χ0n) is 12.3. The minimum absolute atomic E-state index is 0.0571. The molecule has 7 heteroatoms. The minimum atomic E-state index is -0.640. The highest BCUT2D eigenvalue weighted by Gasteiger charge is 2.12. The summed E-state index contributed by atoms with van der Waals surface area (Å²) in [7, 11) is 0. The second-order valence-corrected chi connectivity index (χ2v) is 4.76. The van der Waals surface area contributed by atoms with Crippen LogP contribution in [0.4, 0.5) is 18.0 Å². The Morgan fingerprint density at radius 1 is 1.13 bits per heavy atom. The zero-order valence-corrected chi connectivity index (χ0v) is 12.3. The van der Waals surface area contributed by atoms with Crippen LogP contribution in [0.5, 0.6) is 0 Å². The number of rotatable bonds is 6. The van der Waals surface area contributed by atoms with E-state index in [1.165, 1.54) is 6.20 Å². The number of alkyl halides is 1. The summed E-state index contributed by atoms with van der Waals surface area (Å²) >= 11 is 0. The highest BCUT2D eigenvalue weighted by atomic mass is 19.1. The lowest BCUT2D eigenvalue weighted by Gasteiger charge is -2.10. The third-order valence-corrected chi connectivity index (χ3v) is 3.13. The van der Waals surface area contributed by atoms with Crippen LogP contribution in [0, 0.1) is 11.6 Å². The van der Waals surface area contributed by atoms with Crippen molar-refractivity contribution >= 4 is 6.03 Å². The molecule has 1 heterocycles. The van der Waals surface area contributed by atoms with Crippen LogP contribution >= 0.6 is 0 Å². The molecule has 1 aromatic heterocycles. The minimum Gasteiger partial charge on any atom is -0.338 e. The topological polar surface area (TPSA) is 54.0 Å². The van der Waals surface area contributed by atoms with E-state index in [1.807, 2.05) is 0 Å². The summed E-state index contributed by atoms with van der Waals surface area (Å²) in [6, 6.07) is 6.10. The van der Waals surface area contributed by atoms with E-state index in [4.69, 9.17) is 0 Å². The van der Waals surface area contributed by atoms with Gasteiger partial charge in [0.2, 0.25) is 0 Å². The highest BCUT2D eigenvalue weighted by Crippen LogP contribution is 2.25. The maximum absolute atomic E-state index is 13.9. The molecule has 0 bridgehead atoms. The Kier molecular flexibility index (Phi) is 5.96. The van der Waals surface area contributed by atoms with Gasteiger partial charge >= 0.3 is 6.03 Å². The van der Waals surface area contributed by atoms with Crippen molar-refractivity contribution in [3.63, 3.8) is 0 Å². The molecule has 2 aromatic rings. The average molecular weight is 323 g/mol. The summed E-state index contributed by atoms with van der Waals surface area (Å²) in [5.74, 6) is -1.12. The fourth-order valence-corrected chi connectivity index (χ4v) is 2.10. The van der Waals surface area contributed by atoms with Crippen LogP contribution < -0.4 is 10.6 Å². The quantitative estimate of drug-likeness (QED) is 0.859. The van der Waals surface area contributed by atoms with Crippen molar-refractivity contribution in [3.05, 3.63) is 53.7 Å². The molecule has 0 saturated carbocycles. The molecule has 4 nitrogen and oxygen atoms in total. The molecule has 2 N–H and O–H groups in total. The Morgan fingerprint density at radius 3 is 2.70 bits per heavy atom. The van der Waals surface area contributed by atoms with Crippen LogP contribution in [-0.2, 0) is 6.42 Å². The van der Waals surface area contributed by atoms with E-state index in [0.29, 0.717) is 17.7 Å². The van der Waals surface area contributed by atoms with Crippen LogP contribution in [0.15, 0.2) is 36.5 Å². The van der Waals surface area contributed by atoms with Crippen molar-refractivity contribution in [2.45, 2.75) is 6.42 Å². The molecule has 0 fully saturated rings. The van der Waals surface area contributed by atoms with Crippen molar-refractivity contribution in [2.24, 2.45) is 0 Å². The normalized spacial score (nSPS) is 10.4. The molecular weight excluding hydrogens is 307 g/mol. The van der Waals surface area contributed by atoms with Gasteiger partial charge in [-0.05, 0) is 36.2 Å². The number of amides is 2. The van der Waals surface area contributed by atoms with E-state index in [0.717, 1.165) is 18.2 Å². The van der Waals surface area contributed by atoms with E-state index >= 15 is 0 Å². The number of halogens is 3. The Bertz CT molecular complexity index is 679. The molecule has 0 aliphatic heterocycles. The number of hydrogen-bond donors (Lipinski definition) is 2. The maximum atomic E-state index is 13.9. The Balaban J connectivity index is 2.09. The Labute approximate surface area is 131 Å². The lowest BCUT2D eigenvalue weighted by molar-refractivity contribution is 0.240. The van der Waals surface area contributed by atoms with Crippen LogP contribution in [0.3, 0.4) is 0 Å². The van der Waals surface area contributed by atoms with Crippen LogP contribution in [0.1, 0.15) is 5.56 Å². The Hall–Kier alpha value is -2.57. The summed E-state index contributed by atoms with van der Waals surface area (Å²) in [4.78, 5) is 15.4. The smallest absolute Gasteiger partial charge is 0.314 e. The first kappa shape index (κ1) is 16.8. The molecule has 1 aromatic carbocycles. The second kappa shape index (κ2) is 8.17. The number of nitrogens with zero attached hydrogens (tertiary/aromatic N) is 1. The van der Waals surface area contributed by atoms with Gasteiger partial charge in [0.25, 0.3) is 0 Å². The van der Waals surface area contributed by atoms with Crippen LogP contribution in [-0.4, -0.2) is 30.8 Å². The van der Waals surface area contributed by atoms with Crippen molar-refractivity contribution in [1.82, 2.24) is 15.6 Å². The van der Waals surface area contributed by atoms with Gasteiger partial charge in [0.05, 0.1) is 5.69 Å². The zero-order chi connectivity index (χ0) is 16.7. The lowest BCUT2D eigenvalue weighted by Crippen LogP contribution is -2.37. The molecule has 0 aliphatic rings. The van der Waals surface area contributed by atoms with Gasteiger partial charge in [0.1, 0.15) is 18.3 Å². The predicted molar refractivity (Wildman–Crippen MR) is 80.7 cm³/mol. The molecule has 23 heavy (non-hydrogen) atoms. The average Bonchev–Trinajstić information content (AvgIpc) is 2.56. The molecule has 122 valence electrons. The number of pyridine rings is 1. The van der Waals surface area contributed by atoms with E-state index in [-0.39, 0.29) is 18.7 Å². The van der Waals surface area contributed by atoms with Gasteiger partial charge in [-0.25, -0.2) is 18.0 Å². The van der Waals surface area contributed by atoms with E-state index in [9.17, 15) is 18.0 Å². The number of carbonyl (C=O) groups is 1. The van der Waals surface area contributed by atoms with Crippen molar-refractivity contribution in [2.75, 3.05) is 19.8 Å². The standard InChI is InChI=1S/C16H16F3N3O/c17-6-9-22-16(23)21-8-5-11-2-1-7-20-15(11)13-10-12(18)3-4-14(13)19/h1-4,7,10H,5-6,8-9H2,(H2,21,22,23). The van der Waals surface area contributed by atoms with Crippen molar-refractivity contribution in [1.29, 1.82) is 0 Å². The molecule has 2 amide bonds. The van der Waals surface area contributed by atoms with Crippen LogP contribution in [0.25, 0.3) is 11.3 Å². The number of benzene rings is 1. The fraction of sp³-hybridized carbons (Fsp3) is 0.250. The number of aromatic nitrogens is 1. The first-order chi connectivity index (χ1) is 11.1. The SMILES string of the molecule is O=C(NCCF)NCCc1cccnc1-c1cc(F)ccc1F. The summed E-state index contributed by atoms with van der Waals surface area (Å²) in [5.41, 5.74) is 1.07. The number of urea groups is 1. The molecule has 0 atom stereocenters. The van der Waals surface area contributed by atoms with Gasteiger partial charge < -0.3 is 10.6 Å². The largest absolute Gasteiger partial charge is 0.338 e. The third-order valence-electron chi connectivity index (χ3n) is 3.13. The molecule has 0 aliphatic carbocycles. The van der Waals surface area contributed by atoms with E-state index in [1.54, 1.807) is 12.1 Å². The van der Waals surface area contributed by atoms with Crippen molar-refractivity contribution < 1.29 is 18.0 Å². The lowest BCUT2D eigenvalue weighted by atomic mass is 10.0.